The number of hydrogen-bond donors (Lipinski definition) is 1. The normalized spacial score (nSPS) is 10.9. The van der Waals surface area contributed by atoms with Crippen molar-refractivity contribution in [2.45, 2.75) is 13.8 Å². The van der Waals surface area contributed by atoms with E-state index in [1.54, 1.807) is 32.6 Å². The molecule has 6 heteroatoms. The Hall–Kier alpha value is -2.08. The molecule has 116 valence electrons. The molecule has 0 atom stereocenters. The van der Waals surface area contributed by atoms with E-state index in [2.05, 4.69) is 10.5 Å². The van der Waals surface area contributed by atoms with Crippen LogP contribution in [-0.2, 0) is 4.79 Å². The van der Waals surface area contributed by atoms with Crippen molar-refractivity contribution >= 4 is 12.1 Å². The number of carbonyl (C=O) groups excluding carboxylic acids is 1. The van der Waals surface area contributed by atoms with Gasteiger partial charge in [0.2, 0.25) is 0 Å². The summed E-state index contributed by atoms with van der Waals surface area (Å²) in [6, 6.07) is 5.41. The maximum absolute atomic E-state index is 11.7. The Morgan fingerprint density at radius 2 is 1.90 bits per heavy atom. The topological polar surface area (TPSA) is 63.2 Å². The second kappa shape index (κ2) is 8.97. The van der Waals surface area contributed by atoms with E-state index in [4.69, 9.17) is 9.47 Å². The molecule has 0 saturated carbocycles. The Morgan fingerprint density at radius 1 is 1.24 bits per heavy atom. The van der Waals surface area contributed by atoms with Crippen molar-refractivity contribution in [1.29, 1.82) is 0 Å². The summed E-state index contributed by atoms with van der Waals surface area (Å²) in [5.41, 5.74) is 3.33. The van der Waals surface area contributed by atoms with Gasteiger partial charge in [-0.25, -0.2) is 5.43 Å². The summed E-state index contributed by atoms with van der Waals surface area (Å²) in [5.74, 6) is 1.14. The van der Waals surface area contributed by atoms with Crippen LogP contribution < -0.4 is 14.9 Å². The van der Waals surface area contributed by atoms with Crippen LogP contribution in [0.5, 0.6) is 11.5 Å². The smallest absolute Gasteiger partial charge is 0.254 e. The fraction of sp³-hybridized carbons (Fsp3) is 0.467. The molecule has 0 aliphatic carbocycles. The lowest BCUT2D eigenvalue weighted by Crippen LogP contribution is -2.35. The standard InChI is InChI=1S/C15H23N3O3/c1-5-18(6-2)11-15(19)17-16-10-12-7-8-13(20-3)14(9-12)21-4/h7-10H,5-6,11H2,1-4H3,(H,17,19). The first kappa shape index (κ1) is 17.0. The predicted octanol–water partition coefficient (Wildman–Crippen LogP) is 1.50. The molecule has 0 aliphatic rings. The fourth-order valence-electron chi connectivity index (χ4n) is 1.80. The Labute approximate surface area is 125 Å². The number of amides is 1. The SMILES string of the molecule is CCN(CC)CC(=O)NN=Cc1ccc(OC)c(OC)c1. The minimum atomic E-state index is -0.129. The number of benzene rings is 1. The van der Waals surface area contributed by atoms with Crippen molar-refractivity contribution in [2.75, 3.05) is 33.9 Å². The molecule has 0 spiro atoms. The molecule has 0 bridgehead atoms. The van der Waals surface area contributed by atoms with E-state index < -0.39 is 0 Å². The molecule has 0 radical (unpaired) electrons. The number of rotatable bonds is 8. The third kappa shape index (κ3) is 5.43. The van der Waals surface area contributed by atoms with Crippen LogP contribution in [0.1, 0.15) is 19.4 Å². The van der Waals surface area contributed by atoms with Crippen LogP contribution in [0.15, 0.2) is 23.3 Å². The largest absolute Gasteiger partial charge is 0.493 e. The van der Waals surface area contributed by atoms with Gasteiger partial charge < -0.3 is 9.47 Å². The second-order valence-corrected chi connectivity index (χ2v) is 4.37. The van der Waals surface area contributed by atoms with Gasteiger partial charge in [-0.3, -0.25) is 9.69 Å². The van der Waals surface area contributed by atoms with Crippen LogP contribution in [0.25, 0.3) is 0 Å². The van der Waals surface area contributed by atoms with Crippen LogP contribution in [0.2, 0.25) is 0 Å². The van der Waals surface area contributed by atoms with Crippen molar-refractivity contribution in [3.05, 3.63) is 23.8 Å². The predicted molar refractivity (Wildman–Crippen MR) is 83.1 cm³/mol. The summed E-state index contributed by atoms with van der Waals surface area (Å²) in [6.45, 7) is 6.05. The number of methoxy groups -OCH3 is 2. The van der Waals surface area contributed by atoms with Crippen molar-refractivity contribution in [1.82, 2.24) is 10.3 Å². The molecule has 21 heavy (non-hydrogen) atoms. The lowest BCUT2D eigenvalue weighted by atomic mass is 10.2. The molecule has 0 aromatic heterocycles. The number of ether oxygens (including phenoxy) is 2. The molecule has 1 aromatic carbocycles. The van der Waals surface area contributed by atoms with E-state index >= 15 is 0 Å². The highest BCUT2D eigenvalue weighted by Crippen LogP contribution is 2.26. The quantitative estimate of drug-likeness (QED) is 0.583. The van der Waals surface area contributed by atoms with Gasteiger partial charge >= 0.3 is 0 Å². The van der Waals surface area contributed by atoms with Gasteiger partial charge in [-0.2, -0.15) is 5.10 Å². The van der Waals surface area contributed by atoms with Crippen LogP contribution in [-0.4, -0.2) is 50.9 Å². The molecule has 0 aliphatic heterocycles. The van der Waals surface area contributed by atoms with Gasteiger partial charge in [0.05, 0.1) is 27.0 Å². The zero-order valence-electron chi connectivity index (χ0n) is 13.0. The maximum atomic E-state index is 11.7. The molecule has 0 heterocycles. The first-order valence-corrected chi connectivity index (χ1v) is 6.90. The third-order valence-electron chi connectivity index (χ3n) is 3.07. The summed E-state index contributed by atoms with van der Waals surface area (Å²) < 4.78 is 10.4. The third-order valence-corrected chi connectivity index (χ3v) is 3.07. The molecule has 6 nitrogen and oxygen atoms in total. The Morgan fingerprint density at radius 3 is 2.48 bits per heavy atom. The highest BCUT2D eigenvalue weighted by atomic mass is 16.5. The monoisotopic (exact) mass is 293 g/mol. The fourth-order valence-corrected chi connectivity index (χ4v) is 1.80. The van der Waals surface area contributed by atoms with Crippen LogP contribution in [0, 0.1) is 0 Å². The van der Waals surface area contributed by atoms with Gasteiger partial charge in [0.1, 0.15) is 0 Å². The molecular formula is C15H23N3O3. The van der Waals surface area contributed by atoms with E-state index in [0.29, 0.717) is 18.0 Å². The minimum Gasteiger partial charge on any atom is -0.493 e. The highest BCUT2D eigenvalue weighted by Gasteiger charge is 2.06. The summed E-state index contributed by atoms with van der Waals surface area (Å²) in [6.07, 6.45) is 1.57. The van der Waals surface area contributed by atoms with Crippen molar-refractivity contribution in [3.63, 3.8) is 0 Å². The van der Waals surface area contributed by atoms with Crippen molar-refractivity contribution < 1.29 is 14.3 Å². The van der Waals surface area contributed by atoms with Gasteiger partial charge in [-0.1, -0.05) is 13.8 Å². The van der Waals surface area contributed by atoms with Crippen LogP contribution in [0.3, 0.4) is 0 Å². The first-order chi connectivity index (χ1) is 10.1. The Bertz CT molecular complexity index is 485. The van der Waals surface area contributed by atoms with E-state index in [9.17, 15) is 4.79 Å². The number of hydrazone groups is 1. The van der Waals surface area contributed by atoms with Crippen molar-refractivity contribution in [2.24, 2.45) is 5.10 Å². The van der Waals surface area contributed by atoms with E-state index in [0.717, 1.165) is 18.7 Å². The minimum absolute atomic E-state index is 0.129. The maximum Gasteiger partial charge on any atom is 0.254 e. The zero-order valence-corrected chi connectivity index (χ0v) is 13.0. The molecule has 0 fully saturated rings. The van der Waals surface area contributed by atoms with E-state index in [-0.39, 0.29) is 5.91 Å². The average molecular weight is 293 g/mol. The Balaban J connectivity index is 2.59. The molecule has 0 unspecified atom stereocenters. The number of carbonyl (C=O) groups is 1. The summed E-state index contributed by atoms with van der Waals surface area (Å²) in [7, 11) is 3.16. The first-order valence-electron chi connectivity index (χ1n) is 6.90. The molecule has 1 amide bonds. The lowest BCUT2D eigenvalue weighted by molar-refractivity contribution is -0.122. The molecular weight excluding hydrogens is 270 g/mol. The number of nitrogens with zero attached hydrogens (tertiary/aromatic N) is 2. The summed E-state index contributed by atoms with van der Waals surface area (Å²) in [5, 5.41) is 3.95. The van der Waals surface area contributed by atoms with Gasteiger partial charge in [-0.05, 0) is 36.9 Å². The molecule has 1 N–H and O–H groups in total. The average Bonchev–Trinajstić information content (AvgIpc) is 2.52. The van der Waals surface area contributed by atoms with E-state index in [1.807, 2.05) is 24.8 Å². The molecule has 0 saturated heterocycles. The molecule has 1 rings (SSSR count). The highest BCUT2D eigenvalue weighted by molar-refractivity contribution is 5.83. The van der Waals surface area contributed by atoms with Gasteiger partial charge in [0.15, 0.2) is 11.5 Å². The van der Waals surface area contributed by atoms with Gasteiger partial charge in [-0.15, -0.1) is 0 Å². The van der Waals surface area contributed by atoms with Gasteiger partial charge in [0.25, 0.3) is 5.91 Å². The van der Waals surface area contributed by atoms with Gasteiger partial charge in [0, 0.05) is 0 Å². The van der Waals surface area contributed by atoms with Crippen molar-refractivity contribution in [3.8, 4) is 11.5 Å². The second-order valence-electron chi connectivity index (χ2n) is 4.37. The summed E-state index contributed by atoms with van der Waals surface area (Å²) in [4.78, 5) is 13.7. The number of likely N-dealkylation sites (N-methyl/N-ethyl adjacent to an activating group) is 1. The Kier molecular flexibility index (Phi) is 7.25. The van der Waals surface area contributed by atoms with Crippen LogP contribution in [0.4, 0.5) is 0 Å². The van der Waals surface area contributed by atoms with Crippen LogP contribution >= 0.6 is 0 Å². The molecule has 1 aromatic rings. The lowest BCUT2D eigenvalue weighted by Gasteiger charge is -2.15. The number of hydrogen-bond acceptors (Lipinski definition) is 5. The number of nitrogens with one attached hydrogen (secondary N) is 1. The zero-order chi connectivity index (χ0) is 15.7. The summed E-state index contributed by atoms with van der Waals surface area (Å²) >= 11 is 0. The van der Waals surface area contributed by atoms with E-state index in [1.165, 1.54) is 0 Å².